The van der Waals surface area contributed by atoms with Gasteiger partial charge in [-0.15, -0.1) is 0 Å². The molecule has 0 spiro atoms. The molecule has 0 bridgehead atoms. The molecule has 2 aromatic carbocycles. The molecule has 0 aliphatic rings. The van der Waals surface area contributed by atoms with Crippen molar-refractivity contribution in [3.05, 3.63) is 59.7 Å². The molecule has 142 valence electrons. The van der Waals surface area contributed by atoms with Gasteiger partial charge in [-0.3, -0.25) is 9.59 Å². The number of amides is 2. The van der Waals surface area contributed by atoms with Gasteiger partial charge in [0, 0.05) is 23.2 Å². The molecule has 0 unspecified atom stereocenters. The molecule has 2 rings (SSSR count). The molecular formula is C21H25N3O3. The second kappa shape index (κ2) is 10.8. The van der Waals surface area contributed by atoms with Gasteiger partial charge in [-0.1, -0.05) is 31.9 Å². The summed E-state index contributed by atoms with van der Waals surface area (Å²) < 4.78 is 5.22. The minimum Gasteiger partial charge on any atom is -0.496 e. The maximum atomic E-state index is 12.2. The van der Waals surface area contributed by atoms with Crippen LogP contribution in [0.25, 0.3) is 0 Å². The monoisotopic (exact) mass is 367 g/mol. The van der Waals surface area contributed by atoms with Crippen molar-refractivity contribution in [2.75, 3.05) is 12.4 Å². The van der Waals surface area contributed by atoms with Crippen LogP contribution in [-0.4, -0.2) is 25.1 Å². The smallest absolute Gasteiger partial charge is 0.271 e. The summed E-state index contributed by atoms with van der Waals surface area (Å²) in [7, 11) is 1.58. The number of hydrazone groups is 1. The Morgan fingerprint density at radius 2 is 1.81 bits per heavy atom. The van der Waals surface area contributed by atoms with Crippen LogP contribution < -0.4 is 15.5 Å². The lowest BCUT2D eigenvalue weighted by molar-refractivity contribution is -0.116. The lowest BCUT2D eigenvalue weighted by Crippen LogP contribution is -2.18. The number of hydrogen-bond donors (Lipinski definition) is 2. The van der Waals surface area contributed by atoms with E-state index in [1.165, 1.54) is 6.21 Å². The highest BCUT2D eigenvalue weighted by Gasteiger charge is 2.06. The normalized spacial score (nSPS) is 10.6. The van der Waals surface area contributed by atoms with Crippen LogP contribution in [0.2, 0.25) is 0 Å². The summed E-state index contributed by atoms with van der Waals surface area (Å²) in [5.74, 6) is 0.332. The Bertz CT molecular complexity index is 786. The van der Waals surface area contributed by atoms with Crippen LogP contribution in [-0.2, 0) is 4.79 Å². The summed E-state index contributed by atoms with van der Waals surface area (Å²) in [5, 5.41) is 6.79. The van der Waals surface area contributed by atoms with Crippen molar-refractivity contribution >= 4 is 23.7 Å². The number of carbonyl (C=O) groups is 2. The maximum absolute atomic E-state index is 12.2. The van der Waals surface area contributed by atoms with Crippen molar-refractivity contribution in [2.24, 2.45) is 5.10 Å². The van der Waals surface area contributed by atoms with Gasteiger partial charge in [-0.05, 0) is 42.8 Å². The standard InChI is InChI=1S/C21H25N3O3/c1-3-4-5-10-20(25)23-18-13-11-16(12-14-18)21(26)24-22-15-17-8-6-7-9-19(17)27-2/h6-9,11-15H,3-5,10H2,1-2H3,(H,23,25)(H,24,26)/b22-15-. The van der Waals surface area contributed by atoms with Crippen molar-refractivity contribution in [3.8, 4) is 5.75 Å². The molecule has 2 amide bonds. The lowest BCUT2D eigenvalue weighted by Gasteiger charge is -2.06. The van der Waals surface area contributed by atoms with Gasteiger partial charge < -0.3 is 10.1 Å². The molecular weight excluding hydrogens is 342 g/mol. The van der Waals surface area contributed by atoms with Gasteiger partial charge in [0.25, 0.3) is 5.91 Å². The largest absolute Gasteiger partial charge is 0.496 e. The zero-order valence-corrected chi connectivity index (χ0v) is 15.7. The first kappa shape index (κ1) is 20.2. The van der Waals surface area contributed by atoms with Gasteiger partial charge >= 0.3 is 0 Å². The third-order valence-electron chi connectivity index (χ3n) is 3.95. The van der Waals surface area contributed by atoms with Gasteiger partial charge in [0.05, 0.1) is 13.3 Å². The molecule has 0 atom stereocenters. The van der Waals surface area contributed by atoms with E-state index in [4.69, 9.17) is 4.74 Å². The number of unbranched alkanes of at least 4 members (excludes halogenated alkanes) is 2. The van der Waals surface area contributed by atoms with E-state index in [1.54, 1.807) is 31.4 Å². The summed E-state index contributed by atoms with van der Waals surface area (Å²) in [6.07, 6.45) is 5.04. The zero-order valence-electron chi connectivity index (χ0n) is 15.7. The number of para-hydroxylation sites is 1. The maximum Gasteiger partial charge on any atom is 0.271 e. The highest BCUT2D eigenvalue weighted by atomic mass is 16.5. The Morgan fingerprint density at radius 1 is 1.07 bits per heavy atom. The highest BCUT2D eigenvalue weighted by molar-refractivity contribution is 5.96. The molecule has 0 aromatic heterocycles. The van der Waals surface area contributed by atoms with Gasteiger partial charge in [-0.2, -0.15) is 5.10 Å². The minimum atomic E-state index is -0.332. The second-order valence-electron chi connectivity index (χ2n) is 6.02. The molecule has 6 heteroatoms. The fourth-order valence-corrected chi connectivity index (χ4v) is 2.46. The Balaban J connectivity index is 1.88. The summed E-state index contributed by atoms with van der Waals surface area (Å²) >= 11 is 0. The topological polar surface area (TPSA) is 79.8 Å². The van der Waals surface area contributed by atoms with Crippen LogP contribution in [0, 0.1) is 0 Å². The Labute approximate surface area is 159 Å². The number of benzene rings is 2. The van der Waals surface area contributed by atoms with E-state index in [2.05, 4.69) is 22.8 Å². The van der Waals surface area contributed by atoms with Crippen LogP contribution in [0.3, 0.4) is 0 Å². The molecule has 6 nitrogen and oxygen atoms in total. The Morgan fingerprint density at radius 3 is 2.52 bits per heavy atom. The van der Waals surface area contributed by atoms with E-state index in [9.17, 15) is 9.59 Å². The van der Waals surface area contributed by atoms with E-state index < -0.39 is 0 Å². The molecule has 2 N–H and O–H groups in total. The number of methoxy groups -OCH3 is 1. The van der Waals surface area contributed by atoms with Gasteiger partial charge in [0.15, 0.2) is 0 Å². The molecule has 0 saturated carbocycles. The van der Waals surface area contributed by atoms with Gasteiger partial charge in [0.1, 0.15) is 5.75 Å². The average molecular weight is 367 g/mol. The quantitative estimate of drug-likeness (QED) is 0.400. The molecule has 27 heavy (non-hydrogen) atoms. The van der Waals surface area contributed by atoms with Crippen LogP contribution in [0.15, 0.2) is 53.6 Å². The number of hydrogen-bond acceptors (Lipinski definition) is 4. The number of rotatable bonds is 9. The van der Waals surface area contributed by atoms with E-state index in [0.717, 1.165) is 24.8 Å². The highest BCUT2D eigenvalue weighted by Crippen LogP contribution is 2.14. The number of anilines is 1. The molecule has 0 saturated heterocycles. The molecule has 0 heterocycles. The molecule has 2 aromatic rings. The summed E-state index contributed by atoms with van der Waals surface area (Å²) in [6.45, 7) is 2.10. The first-order valence-electron chi connectivity index (χ1n) is 9.00. The fourth-order valence-electron chi connectivity index (χ4n) is 2.46. The van der Waals surface area contributed by atoms with Gasteiger partial charge in [0.2, 0.25) is 5.91 Å². The Kier molecular flexibility index (Phi) is 8.03. The van der Waals surface area contributed by atoms with Crippen LogP contribution in [0.1, 0.15) is 48.5 Å². The third-order valence-corrected chi connectivity index (χ3v) is 3.95. The Hall–Kier alpha value is -3.15. The first-order chi connectivity index (χ1) is 13.1. The van der Waals surface area contributed by atoms with Crippen molar-refractivity contribution in [2.45, 2.75) is 32.6 Å². The number of nitrogens with one attached hydrogen (secondary N) is 2. The summed E-state index contributed by atoms with van der Waals surface area (Å²) in [5.41, 5.74) is 4.37. The van der Waals surface area contributed by atoms with Gasteiger partial charge in [-0.25, -0.2) is 5.43 Å². The zero-order chi connectivity index (χ0) is 19.5. The first-order valence-corrected chi connectivity index (χ1v) is 9.00. The molecule has 0 radical (unpaired) electrons. The average Bonchev–Trinajstić information content (AvgIpc) is 2.69. The predicted octanol–water partition coefficient (Wildman–Crippen LogP) is 3.98. The van der Waals surface area contributed by atoms with Crippen molar-refractivity contribution in [1.82, 2.24) is 5.43 Å². The predicted molar refractivity (Wildman–Crippen MR) is 107 cm³/mol. The van der Waals surface area contributed by atoms with Crippen molar-refractivity contribution in [1.29, 1.82) is 0 Å². The van der Waals surface area contributed by atoms with E-state index in [0.29, 0.717) is 23.4 Å². The number of carbonyl (C=O) groups excluding carboxylic acids is 2. The fraction of sp³-hybridized carbons (Fsp3) is 0.286. The molecule has 0 fully saturated rings. The van der Waals surface area contributed by atoms with E-state index in [1.807, 2.05) is 24.3 Å². The third kappa shape index (κ3) is 6.58. The summed E-state index contributed by atoms with van der Waals surface area (Å²) in [6, 6.07) is 14.1. The molecule has 0 aliphatic heterocycles. The van der Waals surface area contributed by atoms with E-state index in [-0.39, 0.29) is 11.8 Å². The van der Waals surface area contributed by atoms with Crippen molar-refractivity contribution in [3.63, 3.8) is 0 Å². The van der Waals surface area contributed by atoms with Crippen molar-refractivity contribution < 1.29 is 14.3 Å². The van der Waals surface area contributed by atoms with Crippen LogP contribution in [0.4, 0.5) is 5.69 Å². The van der Waals surface area contributed by atoms with E-state index >= 15 is 0 Å². The lowest BCUT2D eigenvalue weighted by atomic mass is 10.1. The summed E-state index contributed by atoms with van der Waals surface area (Å²) in [4.78, 5) is 24.0. The number of ether oxygens (including phenoxy) is 1. The SMILES string of the molecule is CCCCCC(=O)Nc1ccc(C(=O)N/N=C\c2ccccc2OC)cc1. The van der Waals surface area contributed by atoms with Crippen LogP contribution in [0.5, 0.6) is 5.75 Å². The molecule has 0 aliphatic carbocycles. The van der Waals surface area contributed by atoms with Crippen LogP contribution >= 0.6 is 0 Å². The second-order valence-corrected chi connectivity index (χ2v) is 6.02. The number of nitrogens with zero attached hydrogens (tertiary/aromatic N) is 1. The minimum absolute atomic E-state index is 0.0120.